The molecule has 0 amide bonds. The topological polar surface area (TPSA) is 108 Å². The van der Waals surface area contributed by atoms with Gasteiger partial charge in [-0.2, -0.15) is 0 Å². The van der Waals surface area contributed by atoms with Crippen molar-refractivity contribution in [1.29, 1.82) is 0 Å². The number of phosphoric acid groups is 1. The Balaban J connectivity index is 3.98. The summed E-state index contributed by atoms with van der Waals surface area (Å²) in [6, 6.07) is 0. The van der Waals surface area contributed by atoms with E-state index in [1.807, 2.05) is 21.1 Å². The van der Waals surface area contributed by atoms with Crippen LogP contribution in [0.5, 0.6) is 0 Å². The van der Waals surface area contributed by atoms with E-state index < -0.39 is 26.5 Å². The lowest BCUT2D eigenvalue weighted by atomic mass is 10.0. The maximum Gasteiger partial charge on any atom is 0.472 e. The summed E-state index contributed by atoms with van der Waals surface area (Å²) >= 11 is 0. The number of esters is 2. The van der Waals surface area contributed by atoms with Gasteiger partial charge in [0.15, 0.2) is 6.10 Å². The van der Waals surface area contributed by atoms with E-state index in [1.54, 1.807) is 0 Å². The van der Waals surface area contributed by atoms with Crippen molar-refractivity contribution in [1.82, 2.24) is 0 Å². The van der Waals surface area contributed by atoms with Crippen molar-refractivity contribution in [2.24, 2.45) is 0 Å². The van der Waals surface area contributed by atoms with Crippen molar-refractivity contribution in [2.75, 3.05) is 47.5 Å². The number of hydrogen-bond acceptors (Lipinski definition) is 7. The lowest BCUT2D eigenvalue weighted by Gasteiger charge is -2.24. The first kappa shape index (κ1) is 81.2. The Morgan fingerprint density at radius 3 is 1.01 bits per heavy atom. The molecule has 10 heteroatoms. The van der Waals surface area contributed by atoms with E-state index in [1.165, 1.54) is 218 Å². The smallest absolute Gasteiger partial charge is 0.462 e. The third-order valence-corrected chi connectivity index (χ3v) is 16.4. The van der Waals surface area contributed by atoms with Crippen LogP contribution in [-0.2, 0) is 32.7 Å². The van der Waals surface area contributed by atoms with Gasteiger partial charge in [0.1, 0.15) is 19.8 Å². The minimum Gasteiger partial charge on any atom is -0.462 e. The van der Waals surface area contributed by atoms with Crippen LogP contribution in [-0.4, -0.2) is 74.9 Å². The minimum absolute atomic E-state index is 0.0310. The van der Waals surface area contributed by atoms with Crippen molar-refractivity contribution < 1.29 is 42.1 Å². The Bertz CT molecular complexity index is 1690. The second kappa shape index (κ2) is 64.7. The van der Waals surface area contributed by atoms with Gasteiger partial charge in [-0.25, -0.2) is 4.57 Å². The van der Waals surface area contributed by atoms with Gasteiger partial charge in [0.25, 0.3) is 0 Å². The highest BCUT2D eigenvalue weighted by Crippen LogP contribution is 2.43. The summed E-state index contributed by atoms with van der Waals surface area (Å²) in [7, 11) is 1.48. The number of carbonyl (C=O) groups excluding carboxylic acids is 2. The van der Waals surface area contributed by atoms with Crippen LogP contribution in [0, 0.1) is 0 Å². The van der Waals surface area contributed by atoms with E-state index in [9.17, 15) is 19.0 Å². The number of hydrogen-bond donors (Lipinski definition) is 1. The SMILES string of the molecule is CC/C=C\C/C=C\C/C=C\C/C=C\C/C=C\CCCCCCCCCCCCCCCCCCCCCCCC(=O)OC(COC(=O)CCCCCCCCCCCCC/C=C\C/C=C\CCCCCCC)COP(=O)(O)OCC[N+](C)(C)C. The number of quaternary nitrogens is 1. The molecule has 0 aromatic heterocycles. The molecule has 0 aromatic rings. The van der Waals surface area contributed by atoms with E-state index in [4.69, 9.17) is 18.5 Å². The van der Waals surface area contributed by atoms with Gasteiger partial charge < -0.3 is 18.9 Å². The van der Waals surface area contributed by atoms with Gasteiger partial charge in [-0.1, -0.05) is 304 Å². The number of phosphoric ester groups is 1. The summed E-state index contributed by atoms with van der Waals surface area (Å²) in [5.74, 6) is -0.787. The summed E-state index contributed by atoms with van der Waals surface area (Å²) in [5.41, 5.74) is 0. The monoisotopic (exact) mass is 1200 g/mol. The molecule has 0 heterocycles. The largest absolute Gasteiger partial charge is 0.472 e. The highest BCUT2D eigenvalue weighted by molar-refractivity contribution is 7.47. The Hall–Kier alpha value is -2.81. The van der Waals surface area contributed by atoms with Crippen molar-refractivity contribution in [3.8, 4) is 0 Å². The van der Waals surface area contributed by atoms with Gasteiger partial charge >= 0.3 is 19.8 Å². The second-order valence-corrected chi connectivity index (χ2v) is 26.3. The fourth-order valence-electron chi connectivity index (χ4n) is 10.0. The van der Waals surface area contributed by atoms with Crippen LogP contribution in [0.2, 0.25) is 0 Å². The Morgan fingerprint density at radius 1 is 0.381 bits per heavy atom. The quantitative estimate of drug-likeness (QED) is 0.0211. The molecule has 0 aliphatic rings. The fourth-order valence-corrected chi connectivity index (χ4v) is 10.8. The summed E-state index contributed by atoms with van der Waals surface area (Å²) in [6.45, 7) is 4.35. The van der Waals surface area contributed by atoms with Gasteiger partial charge in [0, 0.05) is 12.8 Å². The van der Waals surface area contributed by atoms with Crippen LogP contribution >= 0.6 is 7.82 Å². The Kier molecular flexibility index (Phi) is 62.5. The van der Waals surface area contributed by atoms with E-state index >= 15 is 0 Å². The molecule has 0 aliphatic carbocycles. The van der Waals surface area contributed by atoms with Gasteiger partial charge in [0.2, 0.25) is 0 Å². The summed E-state index contributed by atoms with van der Waals surface area (Å²) in [4.78, 5) is 35.9. The first-order chi connectivity index (χ1) is 41.0. The second-order valence-electron chi connectivity index (χ2n) is 24.9. The third kappa shape index (κ3) is 68.3. The predicted molar refractivity (Wildman–Crippen MR) is 362 cm³/mol. The Labute approximate surface area is 520 Å². The van der Waals surface area contributed by atoms with Crippen LogP contribution < -0.4 is 0 Å². The first-order valence-electron chi connectivity index (χ1n) is 35.3. The number of unbranched alkanes of at least 4 members (excludes halogenated alkanes) is 37. The van der Waals surface area contributed by atoms with Crippen LogP contribution in [0.3, 0.4) is 0 Å². The van der Waals surface area contributed by atoms with Crippen molar-refractivity contribution in [3.05, 3.63) is 85.1 Å². The van der Waals surface area contributed by atoms with Crippen LogP contribution in [0.25, 0.3) is 0 Å². The standard InChI is InChI=1S/C74H134NO8P/c1-6-8-10-12-14-16-18-20-22-24-26-28-30-31-32-33-34-35-36-37-38-39-40-41-42-43-45-47-49-51-53-55-57-59-61-63-65-67-74(77)83-72(71-82-84(78,79)81-69-68-75(3,4)5)70-80-73(76)66-64-62-60-58-56-54-52-50-48-46-44-29-27-25-23-21-19-17-15-13-11-9-7-2/h8,10,14,16,19-22,25-28,31-32,72H,6-7,9,11-13,15,17-18,23-24,29-30,33-71H2,1-5H3/p+1/b10-8-,16-14-,21-19-,22-20-,27-25-,28-26-,32-31-. The molecule has 0 saturated carbocycles. The summed E-state index contributed by atoms with van der Waals surface area (Å²) in [6.07, 6.45) is 88.3. The van der Waals surface area contributed by atoms with E-state index in [0.29, 0.717) is 17.4 Å². The molecule has 0 radical (unpaired) electrons. The molecule has 0 spiro atoms. The first-order valence-corrected chi connectivity index (χ1v) is 36.8. The molecule has 0 aliphatic heterocycles. The zero-order valence-electron chi connectivity index (χ0n) is 55.6. The van der Waals surface area contributed by atoms with E-state index in [-0.39, 0.29) is 32.0 Å². The molecule has 1 N–H and O–H groups in total. The molecule has 0 bridgehead atoms. The van der Waals surface area contributed by atoms with Crippen molar-refractivity contribution in [3.63, 3.8) is 0 Å². The molecule has 9 nitrogen and oxygen atoms in total. The third-order valence-electron chi connectivity index (χ3n) is 15.4. The molecular formula is C74H135NO8P+. The molecule has 2 atom stereocenters. The molecule has 0 fully saturated rings. The average Bonchev–Trinajstić information content (AvgIpc) is 3.61. The fraction of sp³-hybridized carbons (Fsp3) is 0.784. The molecule has 488 valence electrons. The van der Waals surface area contributed by atoms with Gasteiger partial charge in [-0.15, -0.1) is 0 Å². The summed E-state index contributed by atoms with van der Waals surface area (Å²) < 4.78 is 34.7. The van der Waals surface area contributed by atoms with Crippen molar-refractivity contribution >= 4 is 19.8 Å². The zero-order chi connectivity index (χ0) is 61.2. The molecule has 0 aromatic carbocycles. The van der Waals surface area contributed by atoms with Crippen LogP contribution in [0.1, 0.15) is 322 Å². The Morgan fingerprint density at radius 2 is 0.679 bits per heavy atom. The van der Waals surface area contributed by atoms with E-state index in [0.717, 1.165) is 70.6 Å². The van der Waals surface area contributed by atoms with Crippen LogP contribution in [0.15, 0.2) is 85.1 Å². The molecule has 2 unspecified atom stereocenters. The molecule has 0 saturated heterocycles. The van der Waals surface area contributed by atoms with Gasteiger partial charge in [0.05, 0.1) is 27.7 Å². The molecular weight excluding hydrogens is 1060 g/mol. The maximum absolute atomic E-state index is 12.9. The number of nitrogens with zero attached hydrogens (tertiary/aromatic N) is 1. The highest BCUT2D eigenvalue weighted by atomic mass is 31.2. The lowest BCUT2D eigenvalue weighted by molar-refractivity contribution is -0.870. The van der Waals surface area contributed by atoms with Gasteiger partial charge in [-0.05, 0) is 89.9 Å². The lowest BCUT2D eigenvalue weighted by Crippen LogP contribution is -2.37. The highest BCUT2D eigenvalue weighted by Gasteiger charge is 2.27. The maximum atomic E-state index is 12.9. The summed E-state index contributed by atoms with van der Waals surface area (Å²) in [5, 5.41) is 0. The van der Waals surface area contributed by atoms with Crippen molar-refractivity contribution in [2.45, 2.75) is 328 Å². The predicted octanol–water partition coefficient (Wildman–Crippen LogP) is 22.9. The van der Waals surface area contributed by atoms with Crippen LogP contribution in [0.4, 0.5) is 0 Å². The van der Waals surface area contributed by atoms with Gasteiger partial charge in [-0.3, -0.25) is 18.6 Å². The number of ether oxygens (including phenoxy) is 2. The van der Waals surface area contributed by atoms with E-state index in [2.05, 4.69) is 98.9 Å². The number of carbonyl (C=O) groups is 2. The normalized spacial score (nSPS) is 13.6. The molecule has 0 rings (SSSR count). The number of allylic oxidation sites excluding steroid dienone is 14. The average molecular weight is 1200 g/mol. The molecule has 84 heavy (non-hydrogen) atoms. The number of rotatable bonds is 65. The number of likely N-dealkylation sites (N-methyl/N-ethyl adjacent to an activating group) is 1. The zero-order valence-corrected chi connectivity index (χ0v) is 56.5. The minimum atomic E-state index is -4.39.